The second-order valence-electron chi connectivity index (χ2n) is 8.62. The first-order valence-electron chi connectivity index (χ1n) is 9.02. The van der Waals surface area contributed by atoms with Gasteiger partial charge >= 0.3 is 12.1 Å². The molecule has 0 N–H and O–H groups in total. The van der Waals surface area contributed by atoms with Crippen molar-refractivity contribution in [3.63, 3.8) is 0 Å². The minimum atomic E-state index is -1.17. The normalized spacial score (nSPS) is 17.8. The second kappa shape index (κ2) is 7.73. The van der Waals surface area contributed by atoms with Crippen LogP contribution in [0.3, 0.4) is 0 Å². The van der Waals surface area contributed by atoms with E-state index in [4.69, 9.17) is 9.47 Å². The number of rotatable bonds is 2. The van der Waals surface area contributed by atoms with Crippen LogP contribution in [0.5, 0.6) is 0 Å². The summed E-state index contributed by atoms with van der Waals surface area (Å²) in [5, 5.41) is 0. The maximum atomic E-state index is 13.2. The molecule has 6 nitrogen and oxygen atoms in total. The highest BCUT2D eigenvalue weighted by Gasteiger charge is 2.42. The van der Waals surface area contributed by atoms with E-state index in [1.54, 1.807) is 41.5 Å². The topological polar surface area (TPSA) is 72.9 Å². The van der Waals surface area contributed by atoms with Gasteiger partial charge in [0, 0.05) is 12.5 Å². The quantitative estimate of drug-likeness (QED) is 0.710. The van der Waals surface area contributed by atoms with Crippen LogP contribution in [0, 0.1) is 5.82 Å². The Balaban J connectivity index is 2.41. The third-order valence-electron chi connectivity index (χ3n) is 3.74. The van der Waals surface area contributed by atoms with Gasteiger partial charge in [-0.2, -0.15) is 0 Å². The molecule has 0 fully saturated rings. The van der Waals surface area contributed by atoms with Crippen LogP contribution in [0.25, 0.3) is 5.57 Å². The van der Waals surface area contributed by atoms with E-state index < -0.39 is 41.0 Å². The van der Waals surface area contributed by atoms with E-state index in [0.29, 0.717) is 11.1 Å². The molecule has 1 heterocycles. The molecule has 0 bridgehead atoms. The summed E-state index contributed by atoms with van der Waals surface area (Å²) in [5.74, 6) is -1.80. The summed E-state index contributed by atoms with van der Waals surface area (Å²) in [4.78, 5) is 38.9. The van der Waals surface area contributed by atoms with E-state index in [0.717, 1.165) is 4.90 Å². The molecule has 2 rings (SSSR count). The van der Waals surface area contributed by atoms with E-state index in [-0.39, 0.29) is 6.42 Å². The average Bonchev–Trinajstić information content (AvgIpc) is 2.51. The fourth-order valence-corrected chi connectivity index (χ4v) is 2.68. The minimum absolute atomic E-state index is 0.0472. The Morgan fingerprint density at radius 1 is 1.00 bits per heavy atom. The number of imide groups is 1. The van der Waals surface area contributed by atoms with E-state index in [2.05, 4.69) is 0 Å². The highest BCUT2D eigenvalue weighted by Crippen LogP contribution is 2.30. The summed E-state index contributed by atoms with van der Waals surface area (Å²) < 4.78 is 23.9. The van der Waals surface area contributed by atoms with Crippen LogP contribution in [0.2, 0.25) is 0 Å². The minimum Gasteiger partial charge on any atom is -0.458 e. The standard InChI is InChI=1S/C21H26FNO5/c1-20(2,3)27-18(25)16-11-14(13-7-9-15(22)10-8-13)12-17(24)23(16)19(26)28-21(4,5)6/h7-10,12,16H,11H2,1-6H3/t16-/m1/s1. The van der Waals surface area contributed by atoms with Gasteiger partial charge in [-0.3, -0.25) is 4.79 Å². The maximum Gasteiger partial charge on any atom is 0.418 e. The van der Waals surface area contributed by atoms with E-state index in [1.165, 1.54) is 30.3 Å². The first-order valence-corrected chi connectivity index (χ1v) is 9.02. The van der Waals surface area contributed by atoms with Crippen molar-refractivity contribution in [1.29, 1.82) is 0 Å². The summed E-state index contributed by atoms with van der Waals surface area (Å²) in [5.41, 5.74) is -0.527. The van der Waals surface area contributed by atoms with Gasteiger partial charge in [0.25, 0.3) is 5.91 Å². The summed E-state index contributed by atoms with van der Waals surface area (Å²) >= 11 is 0. The molecular formula is C21H26FNO5. The molecule has 0 saturated carbocycles. The zero-order valence-electron chi connectivity index (χ0n) is 17.0. The smallest absolute Gasteiger partial charge is 0.418 e. The predicted octanol–water partition coefficient (Wildman–Crippen LogP) is 4.09. The average molecular weight is 391 g/mol. The van der Waals surface area contributed by atoms with Crippen LogP contribution in [-0.2, 0) is 19.1 Å². The molecule has 7 heteroatoms. The fraction of sp³-hybridized carbons (Fsp3) is 0.476. The van der Waals surface area contributed by atoms with Crippen molar-refractivity contribution in [3.05, 3.63) is 41.7 Å². The molecule has 28 heavy (non-hydrogen) atoms. The van der Waals surface area contributed by atoms with Crippen molar-refractivity contribution in [3.8, 4) is 0 Å². The van der Waals surface area contributed by atoms with Crippen molar-refractivity contribution in [2.24, 2.45) is 0 Å². The number of nitrogens with zero attached hydrogens (tertiary/aromatic N) is 1. The number of benzene rings is 1. The fourth-order valence-electron chi connectivity index (χ4n) is 2.68. The van der Waals surface area contributed by atoms with E-state index >= 15 is 0 Å². The van der Waals surface area contributed by atoms with Crippen LogP contribution >= 0.6 is 0 Å². The molecule has 1 aliphatic heterocycles. The van der Waals surface area contributed by atoms with Crippen molar-refractivity contribution in [2.45, 2.75) is 65.2 Å². The molecule has 0 unspecified atom stereocenters. The largest absolute Gasteiger partial charge is 0.458 e. The Morgan fingerprint density at radius 3 is 2.04 bits per heavy atom. The van der Waals surface area contributed by atoms with Crippen molar-refractivity contribution in [2.75, 3.05) is 0 Å². The first kappa shape index (κ1) is 21.6. The number of hydrogen-bond donors (Lipinski definition) is 0. The molecule has 0 aromatic heterocycles. The molecule has 2 amide bonds. The molecule has 1 aromatic carbocycles. The van der Waals surface area contributed by atoms with E-state index in [9.17, 15) is 18.8 Å². The molecule has 1 atom stereocenters. The Morgan fingerprint density at radius 2 is 1.54 bits per heavy atom. The van der Waals surface area contributed by atoms with Crippen molar-refractivity contribution >= 4 is 23.5 Å². The van der Waals surface area contributed by atoms with Crippen LogP contribution in [0.15, 0.2) is 30.3 Å². The van der Waals surface area contributed by atoms with Gasteiger partial charge in [0.15, 0.2) is 0 Å². The second-order valence-corrected chi connectivity index (χ2v) is 8.62. The highest BCUT2D eigenvalue weighted by molar-refractivity contribution is 6.08. The number of hydrogen-bond acceptors (Lipinski definition) is 5. The van der Waals surface area contributed by atoms with Gasteiger partial charge in [-0.25, -0.2) is 18.9 Å². The molecule has 0 spiro atoms. The summed E-state index contributed by atoms with van der Waals surface area (Å²) in [6, 6.07) is 4.40. The SMILES string of the molecule is CC(C)(C)OC(=O)[C@H]1CC(c2ccc(F)cc2)=CC(=O)N1C(=O)OC(C)(C)C. The number of carbonyl (C=O) groups excluding carboxylic acids is 3. The third kappa shape index (κ3) is 5.65. The first-order chi connectivity index (χ1) is 12.8. The maximum absolute atomic E-state index is 13.2. The van der Waals surface area contributed by atoms with Gasteiger partial charge in [0.1, 0.15) is 23.1 Å². The van der Waals surface area contributed by atoms with Crippen LogP contribution < -0.4 is 0 Å². The summed E-state index contributed by atoms with van der Waals surface area (Å²) in [6.07, 6.45) is 0.395. The van der Waals surface area contributed by atoms with Gasteiger partial charge in [-0.15, -0.1) is 0 Å². The molecule has 1 aliphatic rings. The lowest BCUT2D eigenvalue weighted by Crippen LogP contribution is -2.53. The van der Waals surface area contributed by atoms with Gasteiger partial charge < -0.3 is 9.47 Å². The molecule has 0 radical (unpaired) electrons. The molecular weight excluding hydrogens is 365 g/mol. The number of carbonyl (C=O) groups is 3. The zero-order valence-corrected chi connectivity index (χ0v) is 17.0. The van der Waals surface area contributed by atoms with Crippen molar-refractivity contribution < 1.29 is 28.2 Å². The molecule has 1 aromatic rings. The molecule has 0 saturated heterocycles. The monoisotopic (exact) mass is 391 g/mol. The molecule has 152 valence electrons. The van der Waals surface area contributed by atoms with Crippen LogP contribution in [0.4, 0.5) is 9.18 Å². The van der Waals surface area contributed by atoms with Crippen LogP contribution in [0.1, 0.15) is 53.5 Å². The van der Waals surface area contributed by atoms with Gasteiger partial charge in [-0.05, 0) is 64.8 Å². The Hall–Kier alpha value is -2.70. The Kier molecular flexibility index (Phi) is 5.97. The lowest BCUT2D eigenvalue weighted by atomic mass is 9.93. The van der Waals surface area contributed by atoms with Crippen LogP contribution in [-0.4, -0.2) is 40.1 Å². The third-order valence-corrected chi connectivity index (χ3v) is 3.74. The Labute approximate surface area is 164 Å². The predicted molar refractivity (Wildman–Crippen MR) is 102 cm³/mol. The summed E-state index contributed by atoms with van der Waals surface area (Å²) in [7, 11) is 0. The number of amides is 2. The van der Waals surface area contributed by atoms with Crippen molar-refractivity contribution in [1.82, 2.24) is 4.90 Å². The number of ether oxygens (including phenoxy) is 2. The Bertz CT molecular complexity index is 800. The zero-order chi connectivity index (χ0) is 21.3. The lowest BCUT2D eigenvalue weighted by molar-refractivity contribution is -0.163. The highest BCUT2D eigenvalue weighted by atomic mass is 19.1. The van der Waals surface area contributed by atoms with Gasteiger partial charge in [-0.1, -0.05) is 12.1 Å². The van der Waals surface area contributed by atoms with Gasteiger partial charge in [0.2, 0.25) is 0 Å². The number of halogens is 1. The number of esters is 1. The lowest BCUT2D eigenvalue weighted by Gasteiger charge is -2.35. The van der Waals surface area contributed by atoms with E-state index in [1.807, 2.05) is 0 Å². The van der Waals surface area contributed by atoms with Gasteiger partial charge in [0.05, 0.1) is 0 Å². The summed E-state index contributed by atoms with van der Waals surface area (Å²) in [6.45, 7) is 10.1. The molecule has 0 aliphatic carbocycles.